The molecule has 136 valence electrons. The summed E-state index contributed by atoms with van der Waals surface area (Å²) < 4.78 is 0. The topological polar surface area (TPSA) is 50.7 Å². The van der Waals surface area contributed by atoms with Crippen LogP contribution in [0, 0.1) is 0 Å². The predicted molar refractivity (Wildman–Crippen MR) is 114 cm³/mol. The van der Waals surface area contributed by atoms with Crippen molar-refractivity contribution >= 4 is 50.6 Å². The van der Waals surface area contributed by atoms with Crippen molar-refractivity contribution in [1.29, 1.82) is 0 Å². The Hall–Kier alpha value is -2.21. The van der Waals surface area contributed by atoms with Crippen LogP contribution in [0.4, 0.5) is 5.82 Å². The molecule has 4 rings (SSSR count). The minimum atomic E-state index is 0.546. The maximum absolute atomic E-state index is 6.13. The normalized spacial score (nSPS) is 11.1. The highest BCUT2D eigenvalue weighted by Crippen LogP contribution is 2.32. The number of fused-ring (bicyclic) bond motifs is 1. The first-order chi connectivity index (χ1) is 13.1. The fraction of sp³-hybridized carbons (Fsp3) is 0.150. The van der Waals surface area contributed by atoms with Crippen molar-refractivity contribution in [3.05, 3.63) is 69.3 Å². The third kappa shape index (κ3) is 3.90. The second kappa shape index (κ2) is 7.80. The zero-order valence-corrected chi connectivity index (χ0v) is 16.9. The molecule has 7 heteroatoms. The van der Waals surface area contributed by atoms with E-state index in [-0.39, 0.29) is 0 Å². The van der Waals surface area contributed by atoms with E-state index in [4.69, 9.17) is 33.2 Å². The van der Waals surface area contributed by atoms with Crippen molar-refractivity contribution in [2.45, 2.75) is 19.9 Å². The number of aromatic nitrogens is 3. The molecule has 4 aromatic rings. The Morgan fingerprint density at radius 1 is 1.00 bits per heavy atom. The van der Waals surface area contributed by atoms with Crippen LogP contribution in [0.15, 0.2) is 48.8 Å². The quantitative estimate of drug-likeness (QED) is 0.420. The molecule has 0 saturated carbocycles. The minimum absolute atomic E-state index is 0.546. The van der Waals surface area contributed by atoms with E-state index in [9.17, 15) is 0 Å². The highest BCUT2D eigenvalue weighted by atomic mass is 35.5. The maximum atomic E-state index is 6.13. The summed E-state index contributed by atoms with van der Waals surface area (Å²) in [5, 5.41) is 5.57. The molecule has 27 heavy (non-hydrogen) atoms. The van der Waals surface area contributed by atoms with Gasteiger partial charge in [-0.3, -0.25) is 4.98 Å². The number of anilines is 1. The van der Waals surface area contributed by atoms with E-state index in [0.717, 1.165) is 33.6 Å². The molecule has 0 radical (unpaired) electrons. The molecule has 0 amide bonds. The lowest BCUT2D eigenvalue weighted by molar-refractivity contribution is 1.11. The zero-order valence-electron chi connectivity index (χ0n) is 14.5. The SMILES string of the molecule is CCc1cc2c(NCc3ccc(Cl)c(Cl)c3)nc(-c3ccncc3)nc2s1. The van der Waals surface area contributed by atoms with Crippen LogP contribution in [0.25, 0.3) is 21.6 Å². The average Bonchev–Trinajstić information content (AvgIpc) is 3.12. The van der Waals surface area contributed by atoms with E-state index in [1.807, 2.05) is 24.3 Å². The molecule has 0 atom stereocenters. The molecule has 0 saturated heterocycles. The van der Waals surface area contributed by atoms with Crippen LogP contribution in [0.1, 0.15) is 17.4 Å². The second-order valence-corrected chi connectivity index (χ2v) is 7.95. The maximum Gasteiger partial charge on any atom is 0.163 e. The lowest BCUT2D eigenvalue weighted by Gasteiger charge is -2.10. The summed E-state index contributed by atoms with van der Waals surface area (Å²) in [6.07, 6.45) is 4.47. The van der Waals surface area contributed by atoms with E-state index in [1.165, 1.54) is 4.88 Å². The summed E-state index contributed by atoms with van der Waals surface area (Å²) in [5.74, 6) is 1.50. The van der Waals surface area contributed by atoms with Crippen LogP contribution in [0.5, 0.6) is 0 Å². The van der Waals surface area contributed by atoms with Crippen molar-refractivity contribution < 1.29 is 0 Å². The van der Waals surface area contributed by atoms with Gasteiger partial charge in [-0.25, -0.2) is 9.97 Å². The van der Waals surface area contributed by atoms with E-state index in [2.05, 4.69) is 23.3 Å². The first-order valence-corrected chi connectivity index (χ1v) is 10.1. The molecule has 0 fully saturated rings. The number of nitrogens with zero attached hydrogens (tertiary/aromatic N) is 3. The fourth-order valence-electron chi connectivity index (χ4n) is 2.75. The molecule has 1 aromatic carbocycles. The number of rotatable bonds is 5. The number of aryl methyl sites for hydroxylation is 1. The van der Waals surface area contributed by atoms with Gasteiger partial charge in [-0.15, -0.1) is 11.3 Å². The lowest BCUT2D eigenvalue weighted by atomic mass is 10.2. The monoisotopic (exact) mass is 414 g/mol. The van der Waals surface area contributed by atoms with E-state index in [1.54, 1.807) is 29.8 Å². The van der Waals surface area contributed by atoms with Gasteiger partial charge in [-0.1, -0.05) is 36.2 Å². The Bertz CT molecular complexity index is 1100. The van der Waals surface area contributed by atoms with Gasteiger partial charge in [0.25, 0.3) is 0 Å². The Kier molecular flexibility index (Phi) is 5.25. The van der Waals surface area contributed by atoms with Gasteiger partial charge in [0.15, 0.2) is 5.82 Å². The largest absolute Gasteiger partial charge is 0.365 e. The van der Waals surface area contributed by atoms with Gasteiger partial charge in [-0.05, 0) is 42.3 Å². The van der Waals surface area contributed by atoms with Crippen molar-refractivity contribution in [3.63, 3.8) is 0 Å². The number of pyridine rings is 1. The van der Waals surface area contributed by atoms with Gasteiger partial charge in [0.2, 0.25) is 0 Å². The Morgan fingerprint density at radius 2 is 1.81 bits per heavy atom. The molecule has 4 nitrogen and oxygen atoms in total. The second-order valence-electron chi connectivity index (χ2n) is 6.02. The van der Waals surface area contributed by atoms with Gasteiger partial charge in [0, 0.05) is 29.4 Å². The summed E-state index contributed by atoms with van der Waals surface area (Å²) in [4.78, 5) is 15.9. The number of thiophene rings is 1. The Balaban J connectivity index is 1.73. The Labute approximate surface area is 171 Å². The van der Waals surface area contributed by atoms with Crippen LogP contribution in [0.3, 0.4) is 0 Å². The van der Waals surface area contributed by atoms with Crippen molar-refractivity contribution in [2.75, 3.05) is 5.32 Å². The molecule has 0 aliphatic carbocycles. The van der Waals surface area contributed by atoms with Crippen LogP contribution >= 0.6 is 34.5 Å². The lowest BCUT2D eigenvalue weighted by Crippen LogP contribution is -2.03. The number of hydrogen-bond donors (Lipinski definition) is 1. The molecule has 1 N–H and O–H groups in total. The number of halogens is 2. The minimum Gasteiger partial charge on any atom is -0.365 e. The van der Waals surface area contributed by atoms with Gasteiger partial charge >= 0.3 is 0 Å². The molecule has 3 aromatic heterocycles. The highest BCUT2D eigenvalue weighted by molar-refractivity contribution is 7.18. The van der Waals surface area contributed by atoms with E-state index in [0.29, 0.717) is 22.4 Å². The van der Waals surface area contributed by atoms with Gasteiger partial charge in [-0.2, -0.15) is 0 Å². The van der Waals surface area contributed by atoms with Gasteiger partial charge < -0.3 is 5.32 Å². The summed E-state index contributed by atoms with van der Waals surface area (Å²) in [7, 11) is 0. The smallest absolute Gasteiger partial charge is 0.163 e. The third-order valence-corrected chi connectivity index (χ3v) is 6.09. The van der Waals surface area contributed by atoms with Crippen LogP contribution in [-0.2, 0) is 13.0 Å². The van der Waals surface area contributed by atoms with Crippen LogP contribution in [0.2, 0.25) is 10.0 Å². The molecule has 0 aliphatic heterocycles. The first-order valence-electron chi connectivity index (χ1n) is 8.52. The summed E-state index contributed by atoms with van der Waals surface area (Å²) >= 11 is 13.8. The van der Waals surface area contributed by atoms with E-state index >= 15 is 0 Å². The summed E-state index contributed by atoms with van der Waals surface area (Å²) in [6.45, 7) is 2.74. The highest BCUT2D eigenvalue weighted by Gasteiger charge is 2.13. The predicted octanol–water partition coefficient (Wildman–Crippen LogP) is 6.23. The summed E-state index contributed by atoms with van der Waals surface area (Å²) in [5.41, 5.74) is 1.98. The molecular weight excluding hydrogens is 399 g/mol. The van der Waals surface area contributed by atoms with Gasteiger partial charge in [0.05, 0.1) is 15.4 Å². The van der Waals surface area contributed by atoms with Crippen LogP contribution in [-0.4, -0.2) is 15.0 Å². The average molecular weight is 415 g/mol. The molecule has 0 bridgehead atoms. The third-order valence-electron chi connectivity index (χ3n) is 4.17. The molecule has 3 heterocycles. The van der Waals surface area contributed by atoms with Crippen molar-refractivity contribution in [3.8, 4) is 11.4 Å². The van der Waals surface area contributed by atoms with Crippen LogP contribution < -0.4 is 5.32 Å². The van der Waals surface area contributed by atoms with Crippen molar-refractivity contribution in [1.82, 2.24) is 15.0 Å². The zero-order chi connectivity index (χ0) is 18.8. The number of hydrogen-bond acceptors (Lipinski definition) is 5. The molecule has 0 unspecified atom stereocenters. The Morgan fingerprint density at radius 3 is 2.56 bits per heavy atom. The molecular formula is C20H16Cl2N4S. The summed E-state index contributed by atoms with van der Waals surface area (Å²) in [6, 6.07) is 11.6. The first kappa shape index (κ1) is 18.2. The number of nitrogens with one attached hydrogen (secondary N) is 1. The van der Waals surface area contributed by atoms with E-state index < -0.39 is 0 Å². The fourth-order valence-corrected chi connectivity index (χ4v) is 4.03. The number of benzene rings is 1. The van der Waals surface area contributed by atoms with Crippen molar-refractivity contribution in [2.24, 2.45) is 0 Å². The van der Waals surface area contributed by atoms with Gasteiger partial charge in [0.1, 0.15) is 10.6 Å². The molecule has 0 aliphatic rings. The molecule has 0 spiro atoms. The standard InChI is InChI=1S/C20H16Cl2N4S/c1-2-14-10-15-19(24-11-12-3-4-16(21)17(22)9-12)25-18(26-20(15)27-14)13-5-7-23-8-6-13/h3-10H,2,11H2,1H3,(H,24,25,26).